The molecule has 1 aliphatic rings. The molecule has 3 heterocycles. The molecule has 0 N–H and O–H groups in total. The van der Waals surface area contributed by atoms with Gasteiger partial charge in [-0.3, -0.25) is 9.56 Å². The van der Waals surface area contributed by atoms with Gasteiger partial charge in [0.15, 0.2) is 0 Å². The predicted octanol–water partition coefficient (Wildman–Crippen LogP) is 4.52. The van der Waals surface area contributed by atoms with Crippen molar-refractivity contribution in [2.24, 2.45) is 4.99 Å². The van der Waals surface area contributed by atoms with Gasteiger partial charge < -0.3 is 0 Å². The van der Waals surface area contributed by atoms with Crippen molar-refractivity contribution in [2.45, 2.75) is 34.2 Å². The Morgan fingerprint density at radius 2 is 1.78 bits per heavy atom. The van der Waals surface area contributed by atoms with E-state index in [4.69, 9.17) is 4.99 Å². The van der Waals surface area contributed by atoms with Crippen molar-refractivity contribution in [3.63, 3.8) is 0 Å². The average molecular weight is 321 g/mol. The van der Waals surface area contributed by atoms with Crippen LogP contribution >= 0.6 is 11.3 Å². The molecule has 4 heteroatoms. The van der Waals surface area contributed by atoms with Crippen molar-refractivity contribution < 1.29 is 0 Å². The summed E-state index contributed by atoms with van der Waals surface area (Å²) in [6, 6.07) is 8.65. The number of benzene rings is 1. The molecule has 0 aliphatic carbocycles. The van der Waals surface area contributed by atoms with Crippen LogP contribution in [0.2, 0.25) is 0 Å². The Hall–Kier alpha value is -2.20. The summed E-state index contributed by atoms with van der Waals surface area (Å²) in [5, 5.41) is 1.25. The van der Waals surface area contributed by atoms with E-state index in [9.17, 15) is 0 Å². The molecule has 0 saturated heterocycles. The largest absolute Gasteiger partial charge is 0.290 e. The zero-order chi connectivity index (χ0) is 16.1. The van der Waals surface area contributed by atoms with E-state index in [0.29, 0.717) is 6.54 Å². The Bertz CT molecular complexity index is 926. The first-order valence-electron chi connectivity index (χ1n) is 7.81. The number of aliphatic imine (C=N–C) groups is 1. The van der Waals surface area contributed by atoms with Crippen molar-refractivity contribution in [1.82, 2.24) is 9.55 Å². The molecule has 0 unspecified atom stereocenters. The minimum atomic E-state index is 0.622. The third-order valence-corrected chi connectivity index (χ3v) is 5.71. The lowest BCUT2D eigenvalue weighted by Gasteiger charge is -2.10. The SMILES string of the molecule is Cc1ccc(C2=NCc3ncc(C)n3-c3sc(C)c(C)c32)cc1. The smallest absolute Gasteiger partial charge is 0.135 e. The molecule has 0 bridgehead atoms. The number of hydrogen-bond acceptors (Lipinski definition) is 3. The molecule has 3 nitrogen and oxygen atoms in total. The molecule has 1 aliphatic heterocycles. The molecule has 4 rings (SSSR count). The molecule has 0 fully saturated rings. The molecule has 2 aromatic heterocycles. The first-order chi connectivity index (χ1) is 11.1. The van der Waals surface area contributed by atoms with Crippen molar-refractivity contribution in [3.8, 4) is 5.00 Å². The number of thiophene rings is 1. The standard InChI is InChI=1S/C19H19N3S/c1-11-5-7-15(8-6-11)18-17-13(3)14(4)23-19(17)22-12(2)9-20-16(22)10-21-18/h5-9H,10H2,1-4H3. The molecule has 116 valence electrons. The van der Waals surface area contributed by atoms with Crippen LogP contribution in [0.4, 0.5) is 0 Å². The summed E-state index contributed by atoms with van der Waals surface area (Å²) in [6.45, 7) is 9.24. The van der Waals surface area contributed by atoms with Gasteiger partial charge in [-0.1, -0.05) is 29.8 Å². The van der Waals surface area contributed by atoms with Gasteiger partial charge in [0.25, 0.3) is 0 Å². The van der Waals surface area contributed by atoms with Crippen LogP contribution in [0.15, 0.2) is 35.5 Å². The van der Waals surface area contributed by atoms with E-state index in [-0.39, 0.29) is 0 Å². The quantitative estimate of drug-likeness (QED) is 0.648. The van der Waals surface area contributed by atoms with Crippen LogP contribution in [0.5, 0.6) is 0 Å². The number of aromatic nitrogens is 2. The van der Waals surface area contributed by atoms with Gasteiger partial charge in [0.2, 0.25) is 0 Å². The van der Waals surface area contributed by atoms with Crippen LogP contribution in [0.1, 0.15) is 38.6 Å². The lowest BCUT2D eigenvalue weighted by atomic mass is 9.99. The maximum atomic E-state index is 4.93. The molecule has 0 amide bonds. The van der Waals surface area contributed by atoms with Gasteiger partial charge in [-0.2, -0.15) is 0 Å². The monoisotopic (exact) mass is 321 g/mol. The molecule has 0 spiro atoms. The third-order valence-electron chi connectivity index (χ3n) is 4.52. The molecule has 0 radical (unpaired) electrons. The Morgan fingerprint density at radius 1 is 1.04 bits per heavy atom. The highest BCUT2D eigenvalue weighted by Crippen LogP contribution is 2.36. The summed E-state index contributed by atoms with van der Waals surface area (Å²) in [5.74, 6) is 1.02. The van der Waals surface area contributed by atoms with E-state index in [1.807, 2.05) is 17.5 Å². The fourth-order valence-electron chi connectivity index (χ4n) is 3.10. The van der Waals surface area contributed by atoms with Gasteiger partial charge >= 0.3 is 0 Å². The van der Waals surface area contributed by atoms with Crippen molar-refractivity contribution >= 4 is 17.0 Å². The summed E-state index contributed by atoms with van der Waals surface area (Å²) in [5.41, 5.74) is 7.29. The van der Waals surface area contributed by atoms with E-state index in [0.717, 1.165) is 11.5 Å². The lowest BCUT2D eigenvalue weighted by molar-refractivity contribution is 0.872. The number of rotatable bonds is 1. The Balaban J connectivity index is 2.00. The third kappa shape index (κ3) is 2.17. The zero-order valence-electron chi connectivity index (χ0n) is 13.8. The van der Waals surface area contributed by atoms with Crippen LogP contribution in [-0.4, -0.2) is 15.3 Å². The van der Waals surface area contributed by atoms with Crippen molar-refractivity contribution in [3.05, 3.63) is 69.1 Å². The summed E-state index contributed by atoms with van der Waals surface area (Å²) in [7, 11) is 0. The van der Waals surface area contributed by atoms with Crippen LogP contribution in [0.3, 0.4) is 0 Å². The minimum absolute atomic E-state index is 0.622. The number of hydrogen-bond donors (Lipinski definition) is 0. The topological polar surface area (TPSA) is 30.2 Å². The Morgan fingerprint density at radius 3 is 2.52 bits per heavy atom. The van der Waals surface area contributed by atoms with Crippen molar-refractivity contribution in [2.75, 3.05) is 0 Å². The highest BCUT2D eigenvalue weighted by molar-refractivity contribution is 7.15. The van der Waals surface area contributed by atoms with Gasteiger partial charge in [0, 0.05) is 27.9 Å². The lowest BCUT2D eigenvalue weighted by Crippen LogP contribution is -2.06. The first-order valence-corrected chi connectivity index (χ1v) is 8.63. The normalized spacial score (nSPS) is 13.3. The van der Waals surface area contributed by atoms with Gasteiger partial charge in [0.05, 0.1) is 12.3 Å². The van der Waals surface area contributed by atoms with Crippen LogP contribution in [-0.2, 0) is 6.54 Å². The van der Waals surface area contributed by atoms with Gasteiger partial charge in [0.1, 0.15) is 10.8 Å². The van der Waals surface area contributed by atoms with E-state index in [1.54, 1.807) is 0 Å². The summed E-state index contributed by atoms with van der Waals surface area (Å²) >= 11 is 1.84. The minimum Gasteiger partial charge on any atom is -0.290 e. The van der Waals surface area contributed by atoms with Crippen LogP contribution in [0, 0.1) is 27.7 Å². The Labute approximate surface area is 140 Å². The van der Waals surface area contributed by atoms with Crippen LogP contribution < -0.4 is 0 Å². The van der Waals surface area contributed by atoms with Crippen LogP contribution in [0.25, 0.3) is 5.00 Å². The molecule has 0 atom stereocenters. The maximum absolute atomic E-state index is 4.93. The predicted molar refractivity (Wildman–Crippen MR) is 96.2 cm³/mol. The van der Waals surface area contributed by atoms with Gasteiger partial charge in [-0.15, -0.1) is 11.3 Å². The molecular weight excluding hydrogens is 302 g/mol. The van der Waals surface area contributed by atoms with Gasteiger partial charge in [-0.05, 0) is 33.3 Å². The van der Waals surface area contributed by atoms with Crippen molar-refractivity contribution in [1.29, 1.82) is 0 Å². The fourth-order valence-corrected chi connectivity index (χ4v) is 4.33. The summed E-state index contributed by atoms with van der Waals surface area (Å²) < 4.78 is 2.27. The Kier molecular flexibility index (Phi) is 3.23. The molecule has 0 saturated carbocycles. The second-order valence-corrected chi connectivity index (χ2v) is 7.35. The second kappa shape index (κ2) is 5.17. The van der Waals surface area contributed by atoms with E-state index < -0.39 is 0 Å². The zero-order valence-corrected chi connectivity index (χ0v) is 14.7. The summed E-state index contributed by atoms with van der Waals surface area (Å²) in [6.07, 6.45) is 1.94. The highest BCUT2D eigenvalue weighted by Gasteiger charge is 2.25. The molecule has 3 aromatic rings. The molecule has 23 heavy (non-hydrogen) atoms. The summed E-state index contributed by atoms with van der Waals surface area (Å²) in [4.78, 5) is 10.8. The fraction of sp³-hybridized carbons (Fsp3) is 0.263. The molecular formula is C19H19N3S. The van der Waals surface area contributed by atoms with E-state index in [2.05, 4.69) is 61.5 Å². The number of nitrogens with zero attached hydrogens (tertiary/aromatic N) is 3. The number of fused-ring (bicyclic) bond motifs is 3. The second-order valence-electron chi connectivity index (χ2n) is 6.15. The van der Waals surface area contributed by atoms with E-state index >= 15 is 0 Å². The first kappa shape index (κ1) is 14.4. The number of aryl methyl sites for hydroxylation is 3. The average Bonchev–Trinajstić information content (AvgIpc) is 2.97. The van der Waals surface area contributed by atoms with Gasteiger partial charge in [-0.25, -0.2) is 4.98 Å². The van der Waals surface area contributed by atoms with E-state index in [1.165, 1.54) is 37.8 Å². The highest BCUT2D eigenvalue weighted by atomic mass is 32.1. The molecule has 1 aromatic carbocycles. The maximum Gasteiger partial charge on any atom is 0.135 e. The number of imidazole rings is 1.